The molecule has 0 spiro atoms. The number of nitrogens with two attached hydrogens (primary N) is 1. The smallest absolute Gasteiger partial charge is 0.337 e. The average molecular weight is 341 g/mol. The topological polar surface area (TPSA) is 162 Å². The van der Waals surface area contributed by atoms with E-state index in [0.717, 1.165) is 24.4 Å². The maximum atomic E-state index is 10.4. The maximum absolute atomic E-state index is 10.4. The number of non-ortho nitro benzene ring substituents is 1. The third-order valence-corrected chi connectivity index (χ3v) is 2.69. The Morgan fingerprint density at radius 1 is 1.13 bits per heavy atom. The fourth-order valence-corrected chi connectivity index (χ4v) is 1.55. The number of hydrogen-bond acceptors (Lipinski definition) is 7. The molecule has 0 bridgehead atoms. The van der Waals surface area contributed by atoms with Crippen LogP contribution in [0.15, 0.2) is 36.5 Å². The summed E-state index contributed by atoms with van der Waals surface area (Å²) in [5.41, 5.74) is 4.77. The summed E-state index contributed by atoms with van der Waals surface area (Å²) in [4.78, 5) is 33.1. The minimum Gasteiger partial charge on any atom is -0.478 e. The molecule has 0 amide bonds. The average Bonchev–Trinajstić information content (AvgIpc) is 2.47. The van der Waals surface area contributed by atoms with E-state index < -0.39 is 15.8 Å². The van der Waals surface area contributed by atoms with Gasteiger partial charge in [-0.25, -0.2) is 9.78 Å². The molecule has 0 saturated heterocycles. The highest BCUT2D eigenvalue weighted by atomic mass is 35.5. The monoisotopic (exact) mass is 340 g/mol. The molecule has 3 N–H and O–H groups in total. The quantitative estimate of drug-likeness (QED) is 0.635. The van der Waals surface area contributed by atoms with Crippen LogP contribution < -0.4 is 5.73 Å². The van der Waals surface area contributed by atoms with E-state index in [9.17, 15) is 25.0 Å². The van der Waals surface area contributed by atoms with Gasteiger partial charge in [0.1, 0.15) is 12.0 Å². The van der Waals surface area contributed by atoms with Crippen molar-refractivity contribution in [3.8, 4) is 0 Å². The number of nitrogen functional groups attached to an aromatic ring is 1. The number of carboxylic acid groups (broad SMARTS) is 1. The number of carbonyl (C=O) groups is 1. The van der Waals surface area contributed by atoms with Gasteiger partial charge in [-0.1, -0.05) is 11.6 Å². The van der Waals surface area contributed by atoms with Crippen LogP contribution in [0.4, 0.5) is 17.2 Å². The predicted octanol–water partition coefficient (Wildman–Crippen LogP) is 2.52. The van der Waals surface area contributed by atoms with Crippen molar-refractivity contribution in [1.29, 1.82) is 0 Å². The number of carboxylic acids is 1. The summed E-state index contributed by atoms with van der Waals surface area (Å²) >= 11 is 5.48. The highest BCUT2D eigenvalue weighted by Crippen LogP contribution is 2.22. The SMILES string of the molecule is Nc1ccc([N+](=O)[O-])cn1.O=C(O)c1ccc([N+](=O)[O-])cc1Cl. The van der Waals surface area contributed by atoms with Crippen LogP contribution in [0.3, 0.4) is 0 Å². The molecule has 1 heterocycles. The highest BCUT2D eigenvalue weighted by molar-refractivity contribution is 6.33. The number of halogens is 1. The van der Waals surface area contributed by atoms with Gasteiger partial charge in [-0.3, -0.25) is 20.2 Å². The van der Waals surface area contributed by atoms with Gasteiger partial charge in [0, 0.05) is 18.2 Å². The first kappa shape index (κ1) is 17.8. The molecule has 0 fully saturated rings. The van der Waals surface area contributed by atoms with Crippen molar-refractivity contribution in [1.82, 2.24) is 4.98 Å². The fourth-order valence-electron chi connectivity index (χ4n) is 1.30. The zero-order chi connectivity index (χ0) is 17.6. The number of nitro groups is 2. The first-order chi connectivity index (χ1) is 10.7. The van der Waals surface area contributed by atoms with Crippen LogP contribution in [0.2, 0.25) is 5.02 Å². The second kappa shape index (κ2) is 7.66. The molecule has 10 nitrogen and oxygen atoms in total. The van der Waals surface area contributed by atoms with Crippen LogP contribution in [0.5, 0.6) is 0 Å². The van der Waals surface area contributed by atoms with Gasteiger partial charge in [-0.2, -0.15) is 0 Å². The largest absolute Gasteiger partial charge is 0.478 e. The Balaban J connectivity index is 0.000000238. The lowest BCUT2D eigenvalue weighted by Gasteiger charge is -1.97. The summed E-state index contributed by atoms with van der Waals surface area (Å²) in [5, 5.41) is 28.7. The summed E-state index contributed by atoms with van der Waals surface area (Å²) in [6.07, 6.45) is 1.12. The maximum Gasteiger partial charge on any atom is 0.337 e. The number of rotatable bonds is 3. The van der Waals surface area contributed by atoms with E-state index in [1.54, 1.807) is 0 Å². The lowest BCUT2D eigenvalue weighted by molar-refractivity contribution is -0.385. The molecule has 23 heavy (non-hydrogen) atoms. The van der Waals surface area contributed by atoms with E-state index in [1.807, 2.05) is 0 Å². The van der Waals surface area contributed by atoms with Crippen molar-refractivity contribution >= 4 is 34.8 Å². The molecule has 120 valence electrons. The summed E-state index contributed by atoms with van der Waals surface area (Å²) in [6.45, 7) is 0. The van der Waals surface area contributed by atoms with Crippen LogP contribution in [0.1, 0.15) is 10.4 Å². The van der Waals surface area contributed by atoms with Gasteiger partial charge in [-0.05, 0) is 12.1 Å². The van der Waals surface area contributed by atoms with Gasteiger partial charge in [0.2, 0.25) is 0 Å². The van der Waals surface area contributed by atoms with Crippen molar-refractivity contribution in [3.05, 3.63) is 67.3 Å². The zero-order valence-corrected chi connectivity index (χ0v) is 12.0. The van der Waals surface area contributed by atoms with Crippen molar-refractivity contribution in [2.45, 2.75) is 0 Å². The van der Waals surface area contributed by atoms with E-state index in [-0.39, 0.29) is 27.8 Å². The predicted molar refractivity (Wildman–Crippen MR) is 80.4 cm³/mol. The molecule has 1 aromatic heterocycles. The third-order valence-electron chi connectivity index (χ3n) is 2.38. The van der Waals surface area contributed by atoms with Gasteiger partial charge < -0.3 is 10.8 Å². The standard InChI is InChI=1S/C7H4ClNO4.C5H5N3O2/c8-6-3-4(9(12)13)1-2-5(6)7(10)11;6-5-2-1-4(3-7-5)8(9)10/h1-3H,(H,10,11);1-3H,(H2,6,7). The molecule has 0 aliphatic rings. The van der Waals surface area contributed by atoms with Gasteiger partial charge >= 0.3 is 5.97 Å². The molecule has 0 atom stereocenters. The summed E-state index contributed by atoms with van der Waals surface area (Å²) in [5.74, 6) is -0.925. The lowest BCUT2D eigenvalue weighted by atomic mass is 10.2. The zero-order valence-electron chi connectivity index (χ0n) is 11.2. The van der Waals surface area contributed by atoms with E-state index in [1.165, 1.54) is 12.1 Å². The number of pyridine rings is 1. The molecule has 0 aliphatic heterocycles. The van der Waals surface area contributed by atoms with Crippen LogP contribution >= 0.6 is 11.6 Å². The molecule has 0 aliphatic carbocycles. The van der Waals surface area contributed by atoms with Gasteiger partial charge in [0.15, 0.2) is 0 Å². The number of aromatic nitrogens is 1. The molecule has 11 heteroatoms. The number of benzene rings is 1. The van der Waals surface area contributed by atoms with Crippen LogP contribution in [0.25, 0.3) is 0 Å². The Labute approximate surface area is 133 Å². The Morgan fingerprint density at radius 3 is 2.09 bits per heavy atom. The van der Waals surface area contributed by atoms with Crippen LogP contribution in [0, 0.1) is 20.2 Å². The molecular formula is C12H9ClN4O6. The van der Waals surface area contributed by atoms with Gasteiger partial charge in [-0.15, -0.1) is 0 Å². The Bertz CT molecular complexity index is 750. The van der Waals surface area contributed by atoms with Gasteiger partial charge in [0.05, 0.1) is 20.4 Å². The van der Waals surface area contributed by atoms with Crippen molar-refractivity contribution in [3.63, 3.8) is 0 Å². The number of nitrogens with zero attached hydrogens (tertiary/aromatic N) is 3. The van der Waals surface area contributed by atoms with Crippen LogP contribution in [-0.4, -0.2) is 25.9 Å². The summed E-state index contributed by atoms with van der Waals surface area (Å²) in [6, 6.07) is 5.89. The highest BCUT2D eigenvalue weighted by Gasteiger charge is 2.13. The van der Waals surface area contributed by atoms with E-state index >= 15 is 0 Å². The normalized spacial score (nSPS) is 9.43. The minimum atomic E-state index is -1.21. The van der Waals surface area contributed by atoms with Gasteiger partial charge in [0.25, 0.3) is 11.4 Å². The number of aromatic carboxylic acids is 1. The van der Waals surface area contributed by atoms with Crippen molar-refractivity contribution < 1.29 is 19.7 Å². The van der Waals surface area contributed by atoms with E-state index in [2.05, 4.69) is 4.98 Å². The molecule has 0 unspecified atom stereocenters. The Morgan fingerprint density at radius 2 is 1.70 bits per heavy atom. The number of nitro benzene ring substituents is 1. The van der Waals surface area contributed by atoms with Crippen molar-refractivity contribution in [2.24, 2.45) is 0 Å². The lowest BCUT2D eigenvalue weighted by Crippen LogP contribution is -1.98. The molecule has 2 rings (SSSR count). The molecular weight excluding hydrogens is 332 g/mol. The Hall–Kier alpha value is -3.27. The fraction of sp³-hybridized carbons (Fsp3) is 0. The second-order valence-corrected chi connectivity index (χ2v) is 4.33. The van der Waals surface area contributed by atoms with Crippen molar-refractivity contribution in [2.75, 3.05) is 5.73 Å². The number of anilines is 1. The first-order valence-electron chi connectivity index (χ1n) is 5.75. The molecule has 1 aromatic carbocycles. The molecule has 2 aromatic rings. The second-order valence-electron chi connectivity index (χ2n) is 3.92. The van der Waals surface area contributed by atoms with E-state index in [4.69, 9.17) is 22.4 Å². The summed E-state index contributed by atoms with van der Waals surface area (Å²) in [7, 11) is 0. The minimum absolute atomic E-state index is 0.0470. The Kier molecular flexibility index (Phi) is 5.92. The third kappa shape index (κ3) is 5.21. The first-order valence-corrected chi connectivity index (χ1v) is 6.13. The number of hydrogen-bond donors (Lipinski definition) is 2. The van der Waals surface area contributed by atoms with Crippen LogP contribution in [-0.2, 0) is 0 Å². The summed E-state index contributed by atoms with van der Waals surface area (Å²) < 4.78 is 0. The molecule has 0 saturated carbocycles. The molecule has 0 radical (unpaired) electrons. The van der Waals surface area contributed by atoms with E-state index in [0.29, 0.717) is 0 Å².